The maximum Gasteiger partial charge on any atom is 0.332 e. The summed E-state index contributed by atoms with van der Waals surface area (Å²) in [6.07, 6.45) is 0.339. The Bertz CT molecular complexity index is 334. The highest BCUT2D eigenvalue weighted by molar-refractivity contribution is 5.79. The molecule has 2 aliphatic heterocycles. The number of carboxylic acids is 1. The van der Waals surface area contributed by atoms with Gasteiger partial charge in [-0.15, -0.1) is 0 Å². The van der Waals surface area contributed by atoms with Gasteiger partial charge in [-0.1, -0.05) is 6.92 Å². The number of amides is 1. The zero-order chi connectivity index (χ0) is 13.1. The van der Waals surface area contributed by atoms with Crippen LogP contribution in [0.5, 0.6) is 0 Å². The van der Waals surface area contributed by atoms with E-state index in [1.54, 1.807) is 0 Å². The molecule has 0 aromatic rings. The number of hydrogen-bond donors (Lipinski definition) is 3. The predicted molar refractivity (Wildman–Crippen MR) is 64.1 cm³/mol. The quantitative estimate of drug-likeness (QED) is 0.636. The van der Waals surface area contributed by atoms with Gasteiger partial charge in [0.15, 0.2) is 6.10 Å². The van der Waals surface area contributed by atoms with Crippen LogP contribution >= 0.6 is 0 Å². The van der Waals surface area contributed by atoms with E-state index in [1.807, 2.05) is 0 Å². The maximum atomic E-state index is 11.9. The van der Waals surface area contributed by atoms with E-state index >= 15 is 0 Å². The minimum Gasteiger partial charge on any atom is -0.479 e. The summed E-state index contributed by atoms with van der Waals surface area (Å²) >= 11 is 0. The van der Waals surface area contributed by atoms with Crippen LogP contribution in [0.15, 0.2) is 0 Å². The van der Waals surface area contributed by atoms with Crippen molar-refractivity contribution in [1.29, 1.82) is 0 Å². The highest BCUT2D eigenvalue weighted by Crippen LogP contribution is 2.20. The minimum atomic E-state index is -0.919. The van der Waals surface area contributed by atoms with Gasteiger partial charge in [0.25, 0.3) is 0 Å². The fraction of sp³-hybridized carbons (Fsp3) is 0.833. The average molecular weight is 256 g/mol. The number of rotatable bonds is 4. The molecule has 0 aliphatic carbocycles. The van der Waals surface area contributed by atoms with Gasteiger partial charge in [-0.2, -0.15) is 0 Å². The van der Waals surface area contributed by atoms with Gasteiger partial charge in [0.2, 0.25) is 5.91 Å². The Morgan fingerprint density at radius 1 is 1.39 bits per heavy atom. The van der Waals surface area contributed by atoms with Crippen LogP contribution in [0, 0.1) is 11.8 Å². The van der Waals surface area contributed by atoms with E-state index in [0.29, 0.717) is 25.3 Å². The van der Waals surface area contributed by atoms with Crippen molar-refractivity contribution in [3.63, 3.8) is 0 Å². The summed E-state index contributed by atoms with van der Waals surface area (Å²) in [5.41, 5.74) is 0. The third-order valence-corrected chi connectivity index (χ3v) is 3.74. The van der Waals surface area contributed by atoms with E-state index in [0.717, 1.165) is 13.1 Å². The third-order valence-electron chi connectivity index (χ3n) is 3.74. The topological polar surface area (TPSA) is 87.7 Å². The number of carboxylic acid groups (broad SMARTS) is 1. The molecule has 0 aromatic carbocycles. The lowest BCUT2D eigenvalue weighted by atomic mass is 9.97. The van der Waals surface area contributed by atoms with Crippen LogP contribution in [0.25, 0.3) is 0 Å². The van der Waals surface area contributed by atoms with Crippen molar-refractivity contribution in [1.82, 2.24) is 10.6 Å². The van der Waals surface area contributed by atoms with Crippen molar-refractivity contribution in [2.24, 2.45) is 11.8 Å². The molecule has 18 heavy (non-hydrogen) atoms. The van der Waals surface area contributed by atoms with Gasteiger partial charge < -0.3 is 20.5 Å². The molecule has 3 N–H and O–H groups in total. The van der Waals surface area contributed by atoms with Gasteiger partial charge in [-0.25, -0.2) is 4.79 Å². The van der Waals surface area contributed by atoms with Crippen LogP contribution in [0.3, 0.4) is 0 Å². The summed E-state index contributed by atoms with van der Waals surface area (Å²) in [6.45, 7) is 4.05. The number of ether oxygens (including phenoxy) is 1. The van der Waals surface area contributed by atoms with E-state index in [2.05, 4.69) is 17.6 Å². The number of carbonyl (C=O) groups is 2. The van der Waals surface area contributed by atoms with Gasteiger partial charge >= 0.3 is 5.97 Å². The largest absolute Gasteiger partial charge is 0.479 e. The van der Waals surface area contributed by atoms with E-state index in [4.69, 9.17) is 9.84 Å². The molecule has 0 saturated carbocycles. The molecule has 0 aromatic heterocycles. The monoisotopic (exact) mass is 256 g/mol. The molecular weight excluding hydrogens is 236 g/mol. The zero-order valence-corrected chi connectivity index (χ0v) is 10.5. The Hall–Kier alpha value is -1.14. The van der Waals surface area contributed by atoms with Crippen LogP contribution in [0.1, 0.15) is 19.8 Å². The molecule has 2 aliphatic rings. The van der Waals surface area contributed by atoms with E-state index < -0.39 is 12.1 Å². The Morgan fingerprint density at radius 3 is 2.72 bits per heavy atom. The number of nitrogens with one attached hydrogen (secondary N) is 2. The smallest absolute Gasteiger partial charge is 0.332 e. The van der Waals surface area contributed by atoms with Crippen LogP contribution in [0.2, 0.25) is 0 Å². The first kappa shape index (κ1) is 13.3. The van der Waals surface area contributed by atoms with Crippen molar-refractivity contribution >= 4 is 11.9 Å². The van der Waals surface area contributed by atoms with Gasteiger partial charge in [-0.3, -0.25) is 4.79 Å². The second-order valence-electron chi connectivity index (χ2n) is 5.15. The van der Waals surface area contributed by atoms with E-state index in [1.165, 1.54) is 0 Å². The molecule has 2 saturated heterocycles. The Morgan fingerprint density at radius 2 is 2.17 bits per heavy atom. The summed E-state index contributed by atoms with van der Waals surface area (Å²) in [6, 6.07) is 0. The molecule has 0 spiro atoms. The average Bonchev–Trinajstić information content (AvgIpc) is 2.94. The van der Waals surface area contributed by atoms with Crippen molar-refractivity contribution < 1.29 is 19.4 Å². The molecule has 6 heteroatoms. The van der Waals surface area contributed by atoms with Crippen LogP contribution in [-0.4, -0.2) is 48.8 Å². The molecule has 6 nitrogen and oxygen atoms in total. The first-order valence-corrected chi connectivity index (χ1v) is 6.44. The first-order chi connectivity index (χ1) is 8.58. The number of aliphatic carboxylic acids is 1. The molecule has 0 radical (unpaired) electrons. The molecule has 2 rings (SSSR count). The molecule has 2 fully saturated rings. The van der Waals surface area contributed by atoms with Gasteiger partial charge in [0, 0.05) is 13.1 Å². The summed E-state index contributed by atoms with van der Waals surface area (Å²) in [4.78, 5) is 22.6. The van der Waals surface area contributed by atoms with Crippen molar-refractivity contribution in [3.05, 3.63) is 0 Å². The molecule has 4 unspecified atom stereocenters. The first-order valence-electron chi connectivity index (χ1n) is 6.44. The van der Waals surface area contributed by atoms with E-state index in [9.17, 15) is 9.59 Å². The lowest BCUT2D eigenvalue weighted by Gasteiger charge is -2.17. The van der Waals surface area contributed by atoms with Crippen molar-refractivity contribution in [3.8, 4) is 0 Å². The third kappa shape index (κ3) is 3.00. The van der Waals surface area contributed by atoms with Crippen molar-refractivity contribution in [2.75, 3.05) is 19.6 Å². The standard InChI is InChI=1S/C12H20N2O4/c1-7-4-13-6-9(7)11(15)14-5-8-2-3-10(18-8)12(16)17/h7-10,13H,2-6H2,1H3,(H,14,15)(H,16,17). The number of carbonyl (C=O) groups excluding carboxylic acids is 1. The number of hydrogen-bond acceptors (Lipinski definition) is 4. The second kappa shape index (κ2) is 5.67. The molecule has 102 valence electrons. The molecule has 1 amide bonds. The Kier molecular flexibility index (Phi) is 4.19. The highest BCUT2D eigenvalue weighted by Gasteiger charge is 2.33. The normalized spacial score (nSPS) is 35.6. The molecule has 0 bridgehead atoms. The van der Waals surface area contributed by atoms with Crippen LogP contribution in [0.4, 0.5) is 0 Å². The highest BCUT2D eigenvalue weighted by atomic mass is 16.5. The van der Waals surface area contributed by atoms with Gasteiger partial charge in [0.05, 0.1) is 12.0 Å². The SMILES string of the molecule is CC1CNCC1C(=O)NCC1CCC(C(=O)O)O1. The van der Waals surface area contributed by atoms with Crippen LogP contribution in [-0.2, 0) is 14.3 Å². The fourth-order valence-corrected chi connectivity index (χ4v) is 2.54. The van der Waals surface area contributed by atoms with E-state index in [-0.39, 0.29) is 17.9 Å². The molecular formula is C12H20N2O4. The summed E-state index contributed by atoms with van der Waals surface area (Å²) in [5, 5.41) is 14.8. The fourth-order valence-electron chi connectivity index (χ4n) is 2.54. The lowest BCUT2D eigenvalue weighted by Crippen LogP contribution is -2.39. The lowest BCUT2D eigenvalue weighted by molar-refractivity contribution is -0.149. The molecule has 4 atom stereocenters. The van der Waals surface area contributed by atoms with Gasteiger partial charge in [0.1, 0.15) is 0 Å². The minimum absolute atomic E-state index is 0.0154. The summed E-state index contributed by atoms with van der Waals surface area (Å²) in [5.74, 6) is -0.518. The second-order valence-corrected chi connectivity index (χ2v) is 5.15. The van der Waals surface area contributed by atoms with Crippen molar-refractivity contribution in [2.45, 2.75) is 32.0 Å². The maximum absolute atomic E-state index is 11.9. The predicted octanol–water partition coefficient (Wildman–Crippen LogP) is -0.410. The zero-order valence-electron chi connectivity index (χ0n) is 10.5. The molecule has 2 heterocycles. The Labute approximate surface area is 106 Å². The summed E-state index contributed by atoms with van der Waals surface area (Å²) < 4.78 is 5.33. The summed E-state index contributed by atoms with van der Waals surface area (Å²) in [7, 11) is 0. The van der Waals surface area contributed by atoms with Gasteiger partial charge in [-0.05, 0) is 25.3 Å². The van der Waals surface area contributed by atoms with Crippen LogP contribution < -0.4 is 10.6 Å². The Balaban J connectivity index is 1.72.